The van der Waals surface area contributed by atoms with Gasteiger partial charge in [-0.25, -0.2) is 4.79 Å². The van der Waals surface area contributed by atoms with Gasteiger partial charge >= 0.3 is 6.03 Å². The lowest BCUT2D eigenvalue weighted by atomic mass is 10.2. The second-order valence-corrected chi connectivity index (χ2v) is 4.32. The van der Waals surface area contributed by atoms with E-state index >= 15 is 0 Å². The highest BCUT2D eigenvalue weighted by molar-refractivity contribution is 5.89. The van der Waals surface area contributed by atoms with Crippen LogP contribution in [0.2, 0.25) is 0 Å². The summed E-state index contributed by atoms with van der Waals surface area (Å²) in [5.41, 5.74) is 7.41. The highest BCUT2D eigenvalue weighted by atomic mass is 16.2. The molecule has 1 aromatic rings. The lowest BCUT2D eigenvalue weighted by Crippen LogP contribution is -2.36. The first-order valence-electron chi connectivity index (χ1n) is 6.56. The van der Waals surface area contributed by atoms with Gasteiger partial charge < -0.3 is 16.0 Å². The normalized spacial score (nSPS) is 10.2. The van der Waals surface area contributed by atoms with E-state index in [4.69, 9.17) is 5.73 Å². The van der Waals surface area contributed by atoms with Gasteiger partial charge in [0.05, 0.1) is 0 Å². The van der Waals surface area contributed by atoms with E-state index in [0.29, 0.717) is 6.54 Å². The van der Waals surface area contributed by atoms with Gasteiger partial charge in [0.2, 0.25) is 0 Å². The van der Waals surface area contributed by atoms with E-state index in [-0.39, 0.29) is 6.03 Å². The minimum Gasteiger partial charge on any atom is -0.326 e. The number of carbonyl (C=O) groups excluding carboxylic acids is 1. The third-order valence-corrected chi connectivity index (χ3v) is 2.72. The average molecular weight is 249 g/mol. The zero-order chi connectivity index (χ0) is 13.4. The van der Waals surface area contributed by atoms with Crippen molar-refractivity contribution in [2.24, 2.45) is 5.73 Å². The molecule has 100 valence electrons. The number of nitrogens with two attached hydrogens (primary N) is 1. The van der Waals surface area contributed by atoms with Gasteiger partial charge in [-0.05, 0) is 30.5 Å². The fourth-order valence-electron chi connectivity index (χ4n) is 1.78. The molecule has 0 aliphatic carbocycles. The molecule has 0 aliphatic heterocycles. The second kappa shape index (κ2) is 7.71. The number of rotatable bonds is 6. The Hall–Kier alpha value is -1.55. The molecule has 4 nitrogen and oxygen atoms in total. The molecular weight excluding hydrogens is 226 g/mol. The van der Waals surface area contributed by atoms with Gasteiger partial charge in [-0.2, -0.15) is 0 Å². The molecule has 0 atom stereocenters. The maximum atomic E-state index is 12.0. The van der Waals surface area contributed by atoms with E-state index in [0.717, 1.165) is 37.2 Å². The predicted molar refractivity (Wildman–Crippen MR) is 75.5 cm³/mol. The number of nitrogens with one attached hydrogen (secondary N) is 1. The highest BCUT2D eigenvalue weighted by Crippen LogP contribution is 2.10. The summed E-state index contributed by atoms with van der Waals surface area (Å²) >= 11 is 0. The van der Waals surface area contributed by atoms with Crippen molar-refractivity contribution in [3.8, 4) is 0 Å². The smallest absolute Gasteiger partial charge is 0.321 e. The summed E-state index contributed by atoms with van der Waals surface area (Å²) in [4.78, 5) is 13.9. The minimum atomic E-state index is -0.0285. The number of anilines is 1. The van der Waals surface area contributed by atoms with Gasteiger partial charge in [-0.15, -0.1) is 0 Å². The molecule has 0 fully saturated rings. The highest BCUT2D eigenvalue weighted by Gasteiger charge is 2.11. The van der Waals surface area contributed by atoms with Crippen molar-refractivity contribution in [1.29, 1.82) is 0 Å². The van der Waals surface area contributed by atoms with E-state index < -0.39 is 0 Å². The van der Waals surface area contributed by atoms with Crippen LogP contribution in [0, 0.1) is 0 Å². The standard InChI is InChI=1S/C14H23N3O/c1-3-9-17(10-4-2)14(18)16-13-7-5-12(11-15)6-8-13/h5-8H,3-4,9-11,15H2,1-2H3,(H,16,18). The second-order valence-electron chi connectivity index (χ2n) is 4.32. The van der Waals surface area contributed by atoms with E-state index in [9.17, 15) is 4.79 Å². The Morgan fingerprint density at radius 1 is 1.17 bits per heavy atom. The van der Waals surface area contributed by atoms with Gasteiger partial charge in [0.1, 0.15) is 0 Å². The number of urea groups is 1. The molecule has 0 bridgehead atoms. The Morgan fingerprint density at radius 3 is 2.17 bits per heavy atom. The summed E-state index contributed by atoms with van der Waals surface area (Å²) in [5, 5.41) is 2.91. The largest absolute Gasteiger partial charge is 0.326 e. The molecule has 18 heavy (non-hydrogen) atoms. The van der Waals surface area contributed by atoms with Crippen LogP contribution in [-0.4, -0.2) is 24.0 Å². The number of hydrogen-bond acceptors (Lipinski definition) is 2. The molecule has 0 saturated carbocycles. The van der Waals surface area contributed by atoms with E-state index in [2.05, 4.69) is 19.2 Å². The average Bonchev–Trinajstić information content (AvgIpc) is 2.39. The van der Waals surface area contributed by atoms with Crippen molar-refractivity contribution in [2.45, 2.75) is 33.2 Å². The zero-order valence-corrected chi connectivity index (χ0v) is 11.3. The van der Waals surface area contributed by atoms with E-state index in [1.165, 1.54) is 0 Å². The number of carbonyl (C=O) groups is 1. The third kappa shape index (κ3) is 4.37. The van der Waals surface area contributed by atoms with Crippen LogP contribution in [0.25, 0.3) is 0 Å². The SMILES string of the molecule is CCCN(CCC)C(=O)Nc1ccc(CN)cc1. The lowest BCUT2D eigenvalue weighted by molar-refractivity contribution is 0.211. The predicted octanol–water partition coefficient (Wildman–Crippen LogP) is 2.80. The quantitative estimate of drug-likeness (QED) is 0.814. The van der Waals surface area contributed by atoms with Gasteiger partial charge in [0.15, 0.2) is 0 Å². The van der Waals surface area contributed by atoms with E-state index in [1.54, 1.807) is 0 Å². The van der Waals surface area contributed by atoms with Crippen LogP contribution in [0.3, 0.4) is 0 Å². The summed E-state index contributed by atoms with van der Waals surface area (Å²) < 4.78 is 0. The zero-order valence-electron chi connectivity index (χ0n) is 11.3. The molecule has 0 aliphatic rings. The van der Waals surface area contributed by atoms with Crippen molar-refractivity contribution in [2.75, 3.05) is 18.4 Å². The summed E-state index contributed by atoms with van der Waals surface area (Å²) in [5.74, 6) is 0. The van der Waals surface area contributed by atoms with Gasteiger partial charge in [-0.1, -0.05) is 26.0 Å². The third-order valence-electron chi connectivity index (χ3n) is 2.72. The van der Waals surface area contributed by atoms with Crippen molar-refractivity contribution in [3.63, 3.8) is 0 Å². The number of amides is 2. The molecule has 0 saturated heterocycles. The Labute approximate surface area is 109 Å². The topological polar surface area (TPSA) is 58.4 Å². The lowest BCUT2D eigenvalue weighted by Gasteiger charge is -2.21. The van der Waals surface area contributed by atoms with Crippen LogP contribution < -0.4 is 11.1 Å². The van der Waals surface area contributed by atoms with Crippen molar-refractivity contribution < 1.29 is 4.79 Å². The number of benzene rings is 1. The maximum absolute atomic E-state index is 12.0. The number of hydrogen-bond donors (Lipinski definition) is 2. The molecule has 1 rings (SSSR count). The fourth-order valence-corrected chi connectivity index (χ4v) is 1.78. The van der Waals surface area contributed by atoms with Crippen LogP contribution in [0.5, 0.6) is 0 Å². The molecule has 0 heterocycles. The molecule has 0 spiro atoms. The van der Waals surface area contributed by atoms with Crippen molar-refractivity contribution in [3.05, 3.63) is 29.8 Å². The van der Waals surface area contributed by atoms with Crippen LogP contribution in [0.4, 0.5) is 10.5 Å². The van der Waals surface area contributed by atoms with Gasteiger partial charge in [0.25, 0.3) is 0 Å². The van der Waals surface area contributed by atoms with Crippen molar-refractivity contribution in [1.82, 2.24) is 4.90 Å². The summed E-state index contributed by atoms with van der Waals surface area (Å²) in [6.07, 6.45) is 1.94. The number of nitrogens with zero attached hydrogens (tertiary/aromatic N) is 1. The van der Waals surface area contributed by atoms with Crippen molar-refractivity contribution >= 4 is 11.7 Å². The first-order chi connectivity index (χ1) is 8.71. The van der Waals surface area contributed by atoms with Crippen LogP contribution in [-0.2, 0) is 6.54 Å². The van der Waals surface area contributed by atoms with Crippen LogP contribution >= 0.6 is 0 Å². The minimum absolute atomic E-state index is 0.0285. The molecule has 1 aromatic carbocycles. The fraction of sp³-hybridized carbons (Fsp3) is 0.500. The van der Waals surface area contributed by atoms with E-state index in [1.807, 2.05) is 29.2 Å². The maximum Gasteiger partial charge on any atom is 0.321 e. The molecular formula is C14H23N3O. The molecule has 3 N–H and O–H groups in total. The molecule has 4 heteroatoms. The monoisotopic (exact) mass is 249 g/mol. The van der Waals surface area contributed by atoms with Crippen LogP contribution in [0.15, 0.2) is 24.3 Å². The Morgan fingerprint density at radius 2 is 1.72 bits per heavy atom. The summed E-state index contributed by atoms with van der Waals surface area (Å²) in [6.45, 7) is 6.26. The Balaban J connectivity index is 2.60. The Bertz CT molecular complexity index is 356. The van der Waals surface area contributed by atoms with Gasteiger partial charge in [0, 0.05) is 25.3 Å². The molecule has 0 aromatic heterocycles. The van der Waals surface area contributed by atoms with Gasteiger partial charge in [-0.3, -0.25) is 0 Å². The molecule has 2 amide bonds. The first-order valence-corrected chi connectivity index (χ1v) is 6.56. The van der Waals surface area contributed by atoms with Crippen LogP contribution in [0.1, 0.15) is 32.3 Å². The first kappa shape index (κ1) is 14.5. The summed E-state index contributed by atoms with van der Waals surface area (Å²) in [6, 6.07) is 7.60. The molecule has 0 radical (unpaired) electrons. The molecule has 0 unspecified atom stereocenters. The Kier molecular flexibility index (Phi) is 6.22. The summed E-state index contributed by atoms with van der Waals surface area (Å²) in [7, 11) is 0.